The van der Waals surface area contributed by atoms with Gasteiger partial charge in [0.25, 0.3) is 0 Å². The van der Waals surface area contributed by atoms with Crippen molar-refractivity contribution in [3.8, 4) is 0 Å². The molecule has 7 heteroatoms. The maximum absolute atomic E-state index is 13.1. The number of nitrogens with one attached hydrogen (secondary N) is 1. The summed E-state index contributed by atoms with van der Waals surface area (Å²) in [5.41, 5.74) is 1.89. The quantitative estimate of drug-likeness (QED) is 0.700. The molecule has 2 atom stereocenters. The lowest BCUT2D eigenvalue weighted by molar-refractivity contribution is -0.159. The summed E-state index contributed by atoms with van der Waals surface area (Å²) in [6, 6.07) is 16.3. The van der Waals surface area contributed by atoms with Gasteiger partial charge in [-0.2, -0.15) is 0 Å². The highest BCUT2D eigenvalue weighted by Crippen LogP contribution is 2.29. The molecule has 7 nitrogen and oxygen atoms in total. The minimum absolute atomic E-state index is 0.0597. The Bertz CT molecular complexity index is 801. The van der Waals surface area contributed by atoms with Gasteiger partial charge in [-0.05, 0) is 11.1 Å². The van der Waals surface area contributed by atoms with Gasteiger partial charge in [-0.15, -0.1) is 0 Å². The van der Waals surface area contributed by atoms with Crippen LogP contribution in [0.5, 0.6) is 0 Å². The minimum Gasteiger partial charge on any atom is -0.480 e. The predicted molar refractivity (Wildman–Crippen MR) is 102 cm³/mol. The van der Waals surface area contributed by atoms with Gasteiger partial charge < -0.3 is 20.4 Å². The zero-order chi connectivity index (χ0) is 20.1. The van der Waals surface area contributed by atoms with E-state index in [-0.39, 0.29) is 31.3 Å². The molecule has 1 heterocycles. The van der Waals surface area contributed by atoms with Gasteiger partial charge in [-0.3, -0.25) is 9.59 Å². The van der Waals surface area contributed by atoms with Crippen LogP contribution in [0.15, 0.2) is 60.7 Å². The van der Waals surface area contributed by atoms with Gasteiger partial charge in [0.1, 0.15) is 6.04 Å². The molecule has 1 aliphatic rings. The summed E-state index contributed by atoms with van der Waals surface area (Å²) in [5, 5.41) is 21.6. The number of rotatable bonds is 6. The molecule has 28 heavy (non-hydrogen) atoms. The van der Waals surface area contributed by atoms with Crippen molar-refractivity contribution in [2.75, 3.05) is 13.1 Å². The maximum Gasteiger partial charge on any atom is 0.328 e. The number of aliphatic carboxylic acids is 2. The molecule has 2 unspecified atom stereocenters. The van der Waals surface area contributed by atoms with E-state index in [2.05, 4.69) is 5.32 Å². The summed E-state index contributed by atoms with van der Waals surface area (Å²) < 4.78 is 0. The topological polar surface area (TPSA) is 107 Å². The second-order valence-electron chi connectivity index (χ2n) is 6.72. The Morgan fingerprint density at radius 2 is 1.46 bits per heavy atom. The third kappa shape index (κ3) is 4.20. The summed E-state index contributed by atoms with van der Waals surface area (Å²) in [4.78, 5) is 37.4. The lowest BCUT2D eigenvalue weighted by Crippen LogP contribution is -2.65. The molecule has 1 saturated heterocycles. The second-order valence-corrected chi connectivity index (χ2v) is 6.72. The molecular weight excluding hydrogens is 360 g/mol. The van der Waals surface area contributed by atoms with Gasteiger partial charge in [0.15, 0.2) is 6.04 Å². The van der Waals surface area contributed by atoms with Crippen LogP contribution < -0.4 is 5.32 Å². The largest absolute Gasteiger partial charge is 0.480 e. The number of carboxylic acids is 2. The summed E-state index contributed by atoms with van der Waals surface area (Å²) in [6.07, 6.45) is 0.0597. The lowest BCUT2D eigenvalue weighted by atomic mass is 9.87. The van der Waals surface area contributed by atoms with Gasteiger partial charge in [0, 0.05) is 25.4 Å². The van der Waals surface area contributed by atoms with Crippen molar-refractivity contribution in [1.82, 2.24) is 10.2 Å². The van der Waals surface area contributed by atoms with Gasteiger partial charge in [-0.1, -0.05) is 60.7 Å². The third-order valence-electron chi connectivity index (χ3n) is 4.99. The normalized spacial score (nSPS) is 19.4. The first-order valence-corrected chi connectivity index (χ1v) is 9.07. The summed E-state index contributed by atoms with van der Waals surface area (Å²) in [6.45, 7) is 0.379. The van der Waals surface area contributed by atoms with Gasteiger partial charge in [-0.25, -0.2) is 4.79 Å². The Morgan fingerprint density at radius 1 is 0.929 bits per heavy atom. The van der Waals surface area contributed by atoms with Crippen LogP contribution in [-0.4, -0.2) is 58.1 Å². The van der Waals surface area contributed by atoms with Crippen molar-refractivity contribution in [3.63, 3.8) is 0 Å². The smallest absolute Gasteiger partial charge is 0.328 e. The zero-order valence-electron chi connectivity index (χ0n) is 15.2. The molecule has 3 N–H and O–H groups in total. The number of nitrogens with zero attached hydrogens (tertiary/aromatic N) is 1. The molecule has 0 saturated carbocycles. The molecule has 1 fully saturated rings. The fraction of sp³-hybridized carbons (Fsp3) is 0.286. The summed E-state index contributed by atoms with van der Waals surface area (Å²) in [7, 11) is 0. The molecule has 2 aromatic rings. The SMILES string of the molecule is O=C(O)C1NCCN(C(=O)CC(c2ccccc2)c2ccccc2)C1C(=O)O. The number of amides is 1. The highest BCUT2D eigenvalue weighted by Gasteiger charge is 2.43. The van der Waals surface area contributed by atoms with E-state index in [1.165, 1.54) is 4.90 Å². The van der Waals surface area contributed by atoms with Crippen molar-refractivity contribution in [1.29, 1.82) is 0 Å². The standard InChI is InChI=1S/C21H22N2O5/c24-17(23-12-11-22-18(20(25)26)19(23)21(27)28)13-16(14-7-3-1-4-8-14)15-9-5-2-6-10-15/h1-10,16,18-19,22H,11-13H2,(H,25,26)(H,27,28). The number of carbonyl (C=O) groups is 3. The van der Waals surface area contributed by atoms with Crippen LogP contribution in [0.1, 0.15) is 23.5 Å². The van der Waals surface area contributed by atoms with Crippen LogP contribution in [0.25, 0.3) is 0 Å². The molecule has 3 rings (SSSR count). The summed E-state index contributed by atoms with van der Waals surface area (Å²) >= 11 is 0. The van der Waals surface area contributed by atoms with Gasteiger partial charge in [0.2, 0.25) is 5.91 Å². The Kier molecular flexibility index (Phi) is 6.06. The summed E-state index contributed by atoms with van der Waals surface area (Å²) in [5.74, 6) is -3.24. The highest BCUT2D eigenvalue weighted by atomic mass is 16.4. The van der Waals surface area contributed by atoms with Crippen molar-refractivity contribution < 1.29 is 24.6 Å². The van der Waals surface area contributed by atoms with Crippen molar-refractivity contribution in [2.45, 2.75) is 24.4 Å². The van der Waals surface area contributed by atoms with E-state index in [0.717, 1.165) is 11.1 Å². The Morgan fingerprint density at radius 3 is 1.93 bits per heavy atom. The fourth-order valence-corrected chi connectivity index (χ4v) is 3.64. The van der Waals surface area contributed by atoms with Gasteiger partial charge >= 0.3 is 11.9 Å². The first-order valence-electron chi connectivity index (χ1n) is 9.07. The molecule has 0 spiro atoms. The zero-order valence-corrected chi connectivity index (χ0v) is 15.2. The van der Waals surface area contributed by atoms with Crippen molar-refractivity contribution >= 4 is 17.8 Å². The van der Waals surface area contributed by atoms with Crippen molar-refractivity contribution in [3.05, 3.63) is 71.8 Å². The van der Waals surface area contributed by atoms with Crippen LogP contribution in [-0.2, 0) is 14.4 Å². The van der Waals surface area contributed by atoms with Gasteiger partial charge in [0.05, 0.1) is 0 Å². The first-order chi connectivity index (χ1) is 13.5. The number of piperazine rings is 1. The number of carboxylic acid groups (broad SMARTS) is 2. The lowest BCUT2D eigenvalue weighted by Gasteiger charge is -2.38. The molecule has 0 radical (unpaired) electrons. The van der Waals surface area contributed by atoms with E-state index < -0.39 is 24.0 Å². The second kappa shape index (κ2) is 8.67. The molecule has 0 aliphatic carbocycles. The Labute approximate surface area is 162 Å². The molecule has 0 bridgehead atoms. The van der Waals surface area contributed by atoms with Crippen LogP contribution in [0.3, 0.4) is 0 Å². The molecule has 1 aliphatic heterocycles. The van der Waals surface area contributed by atoms with E-state index in [9.17, 15) is 24.6 Å². The van der Waals surface area contributed by atoms with E-state index in [1.807, 2.05) is 60.7 Å². The van der Waals surface area contributed by atoms with Crippen LogP contribution in [0.2, 0.25) is 0 Å². The monoisotopic (exact) mass is 382 g/mol. The average molecular weight is 382 g/mol. The maximum atomic E-state index is 13.1. The molecular formula is C21H22N2O5. The fourth-order valence-electron chi connectivity index (χ4n) is 3.64. The minimum atomic E-state index is -1.44. The van der Waals surface area contributed by atoms with Crippen molar-refractivity contribution in [2.24, 2.45) is 0 Å². The van der Waals surface area contributed by atoms with E-state index in [1.54, 1.807) is 0 Å². The van der Waals surface area contributed by atoms with E-state index >= 15 is 0 Å². The number of hydrogen-bond acceptors (Lipinski definition) is 4. The Hall–Kier alpha value is -3.19. The van der Waals surface area contributed by atoms with E-state index in [4.69, 9.17) is 0 Å². The van der Waals surface area contributed by atoms with Crippen LogP contribution in [0, 0.1) is 0 Å². The number of hydrogen-bond donors (Lipinski definition) is 3. The number of benzene rings is 2. The Balaban J connectivity index is 1.89. The predicted octanol–water partition coefficient (Wildman–Crippen LogP) is 1.55. The third-order valence-corrected chi connectivity index (χ3v) is 4.99. The van der Waals surface area contributed by atoms with E-state index in [0.29, 0.717) is 0 Å². The molecule has 0 aromatic heterocycles. The first kappa shape index (κ1) is 19.6. The molecule has 2 aromatic carbocycles. The van der Waals surface area contributed by atoms with Crippen LogP contribution >= 0.6 is 0 Å². The highest BCUT2D eigenvalue weighted by molar-refractivity contribution is 5.90. The number of carbonyl (C=O) groups excluding carboxylic acids is 1. The van der Waals surface area contributed by atoms with Crippen LogP contribution in [0.4, 0.5) is 0 Å². The molecule has 146 valence electrons. The molecule has 1 amide bonds. The average Bonchev–Trinajstić information content (AvgIpc) is 2.72.